The van der Waals surface area contributed by atoms with Crippen LogP contribution in [0.15, 0.2) is 42.6 Å². The van der Waals surface area contributed by atoms with Crippen LogP contribution in [0, 0.1) is 0 Å². The van der Waals surface area contributed by atoms with Gasteiger partial charge in [-0.15, -0.1) is 0 Å². The summed E-state index contributed by atoms with van der Waals surface area (Å²) in [4.78, 5) is 15.7. The number of halogens is 4. The fourth-order valence-electron chi connectivity index (χ4n) is 2.02. The van der Waals surface area contributed by atoms with Crippen LogP contribution in [0.5, 0.6) is 0 Å². The second kappa shape index (κ2) is 7.00. The van der Waals surface area contributed by atoms with E-state index < -0.39 is 11.7 Å². The maximum absolute atomic E-state index is 12.5. The van der Waals surface area contributed by atoms with E-state index in [1.807, 2.05) is 37.3 Å². The maximum Gasteiger partial charge on any atom is 0.417 e. The fraction of sp³-hybridized carbons (Fsp3) is 0.250. The van der Waals surface area contributed by atoms with Gasteiger partial charge < -0.3 is 5.32 Å². The van der Waals surface area contributed by atoms with Crippen LogP contribution in [-0.4, -0.2) is 10.9 Å². The number of alkyl halides is 3. The molecule has 1 heterocycles. The Kier molecular flexibility index (Phi) is 5.26. The Bertz CT molecular complexity index is 689. The van der Waals surface area contributed by atoms with Gasteiger partial charge in [0.15, 0.2) is 0 Å². The van der Waals surface area contributed by atoms with Gasteiger partial charge in [0.2, 0.25) is 5.91 Å². The molecule has 122 valence electrons. The smallest absolute Gasteiger partial charge is 0.349 e. The van der Waals surface area contributed by atoms with Gasteiger partial charge >= 0.3 is 6.18 Å². The number of benzene rings is 1. The van der Waals surface area contributed by atoms with Crippen molar-refractivity contribution in [3.05, 3.63) is 64.4 Å². The number of carbonyl (C=O) groups is 1. The molecule has 23 heavy (non-hydrogen) atoms. The average molecular weight is 343 g/mol. The van der Waals surface area contributed by atoms with Crippen molar-refractivity contribution in [2.24, 2.45) is 0 Å². The average Bonchev–Trinajstić information content (AvgIpc) is 2.49. The van der Waals surface area contributed by atoms with E-state index in [2.05, 4.69) is 10.3 Å². The third kappa shape index (κ3) is 4.69. The molecule has 3 nitrogen and oxygen atoms in total. The van der Waals surface area contributed by atoms with Crippen LogP contribution in [0.2, 0.25) is 5.02 Å². The third-order valence-electron chi connectivity index (χ3n) is 3.25. The number of aromatic nitrogens is 1. The Labute approximate surface area is 136 Å². The highest BCUT2D eigenvalue weighted by molar-refractivity contribution is 6.31. The van der Waals surface area contributed by atoms with Crippen LogP contribution in [0.4, 0.5) is 13.2 Å². The molecule has 1 unspecified atom stereocenters. The third-order valence-corrected chi connectivity index (χ3v) is 3.58. The Morgan fingerprint density at radius 3 is 2.52 bits per heavy atom. The number of carbonyl (C=O) groups excluding carboxylic acids is 1. The Morgan fingerprint density at radius 1 is 1.30 bits per heavy atom. The SMILES string of the molecule is CC(NC(=O)Cc1ncc(C(F)(F)F)cc1Cl)c1ccccc1. The first kappa shape index (κ1) is 17.3. The van der Waals surface area contributed by atoms with Crippen LogP contribution >= 0.6 is 11.6 Å². The molecule has 0 aliphatic rings. The van der Waals surface area contributed by atoms with Crippen molar-refractivity contribution >= 4 is 17.5 Å². The van der Waals surface area contributed by atoms with Crippen molar-refractivity contribution in [1.82, 2.24) is 10.3 Å². The molecule has 0 saturated heterocycles. The number of amides is 1. The highest BCUT2D eigenvalue weighted by atomic mass is 35.5. The fourth-order valence-corrected chi connectivity index (χ4v) is 2.25. The van der Waals surface area contributed by atoms with Crippen LogP contribution in [0.1, 0.15) is 29.8 Å². The predicted molar refractivity (Wildman–Crippen MR) is 81.0 cm³/mol. The number of nitrogens with zero attached hydrogens (tertiary/aromatic N) is 1. The zero-order chi connectivity index (χ0) is 17.0. The summed E-state index contributed by atoms with van der Waals surface area (Å²) in [5.74, 6) is -0.365. The van der Waals surface area contributed by atoms with E-state index in [1.165, 1.54) is 0 Å². The second-order valence-corrected chi connectivity index (χ2v) is 5.43. The number of pyridine rings is 1. The normalized spacial score (nSPS) is 12.7. The first-order chi connectivity index (χ1) is 10.8. The second-order valence-electron chi connectivity index (χ2n) is 5.03. The van der Waals surface area contributed by atoms with Gasteiger partial charge in [-0.25, -0.2) is 0 Å². The number of rotatable bonds is 4. The highest BCUT2D eigenvalue weighted by Crippen LogP contribution is 2.31. The molecule has 1 aromatic carbocycles. The maximum atomic E-state index is 12.5. The molecular weight excluding hydrogens is 329 g/mol. The van der Waals surface area contributed by atoms with E-state index >= 15 is 0 Å². The van der Waals surface area contributed by atoms with Crippen LogP contribution in [0.25, 0.3) is 0 Å². The van der Waals surface area contributed by atoms with Gasteiger partial charge in [0.25, 0.3) is 0 Å². The molecule has 2 rings (SSSR count). The molecule has 0 radical (unpaired) electrons. The van der Waals surface area contributed by atoms with E-state index in [1.54, 1.807) is 0 Å². The molecule has 2 aromatic rings. The number of hydrogen-bond donors (Lipinski definition) is 1. The van der Waals surface area contributed by atoms with Gasteiger partial charge in [-0.3, -0.25) is 9.78 Å². The molecule has 0 spiro atoms. The van der Waals surface area contributed by atoms with Crippen LogP contribution < -0.4 is 5.32 Å². The molecule has 7 heteroatoms. The minimum absolute atomic E-state index is 0.109. The zero-order valence-corrected chi connectivity index (χ0v) is 12.9. The lowest BCUT2D eigenvalue weighted by molar-refractivity contribution is -0.137. The van der Waals surface area contributed by atoms with Crippen molar-refractivity contribution in [1.29, 1.82) is 0 Å². The van der Waals surface area contributed by atoms with Crippen LogP contribution in [0.3, 0.4) is 0 Å². The largest absolute Gasteiger partial charge is 0.417 e. The van der Waals surface area contributed by atoms with Crippen molar-refractivity contribution in [3.63, 3.8) is 0 Å². The Hall–Kier alpha value is -2.08. The Morgan fingerprint density at radius 2 is 1.96 bits per heavy atom. The summed E-state index contributed by atoms with van der Waals surface area (Å²) in [6.45, 7) is 1.81. The predicted octanol–water partition coefficient (Wildman–Crippen LogP) is 4.17. The molecular formula is C16H14ClF3N2O. The lowest BCUT2D eigenvalue weighted by Crippen LogP contribution is -2.28. The van der Waals surface area contributed by atoms with Gasteiger partial charge in [0.1, 0.15) is 0 Å². The van der Waals surface area contributed by atoms with Gasteiger partial charge in [-0.05, 0) is 18.6 Å². The molecule has 0 saturated carbocycles. The van der Waals surface area contributed by atoms with E-state index in [0.29, 0.717) is 6.20 Å². The minimum atomic E-state index is -4.51. The van der Waals surface area contributed by atoms with Crippen molar-refractivity contribution < 1.29 is 18.0 Å². The summed E-state index contributed by atoms with van der Waals surface area (Å²) in [7, 11) is 0. The molecule has 1 amide bonds. The molecule has 0 aliphatic carbocycles. The molecule has 1 aromatic heterocycles. The van der Waals surface area contributed by atoms with E-state index in [9.17, 15) is 18.0 Å². The number of nitrogens with one attached hydrogen (secondary N) is 1. The first-order valence-electron chi connectivity index (χ1n) is 6.83. The number of hydrogen-bond acceptors (Lipinski definition) is 2. The topological polar surface area (TPSA) is 42.0 Å². The van der Waals surface area contributed by atoms with E-state index in [-0.39, 0.29) is 29.1 Å². The van der Waals surface area contributed by atoms with E-state index in [0.717, 1.165) is 11.6 Å². The van der Waals surface area contributed by atoms with Crippen LogP contribution in [-0.2, 0) is 17.4 Å². The molecule has 0 aliphatic heterocycles. The monoisotopic (exact) mass is 342 g/mol. The quantitative estimate of drug-likeness (QED) is 0.906. The summed E-state index contributed by atoms with van der Waals surface area (Å²) in [6, 6.07) is 9.86. The molecule has 1 atom stereocenters. The summed E-state index contributed by atoms with van der Waals surface area (Å²) in [5.41, 5.74) is 0.0917. The minimum Gasteiger partial charge on any atom is -0.349 e. The van der Waals surface area contributed by atoms with Gasteiger partial charge in [-0.1, -0.05) is 41.9 Å². The molecule has 1 N–H and O–H groups in total. The first-order valence-corrected chi connectivity index (χ1v) is 7.21. The lowest BCUT2D eigenvalue weighted by atomic mass is 10.1. The Balaban J connectivity index is 2.03. The lowest BCUT2D eigenvalue weighted by Gasteiger charge is -2.14. The molecule has 0 bridgehead atoms. The summed E-state index contributed by atoms with van der Waals surface area (Å²) in [6.07, 6.45) is -4.03. The summed E-state index contributed by atoms with van der Waals surface area (Å²) >= 11 is 5.79. The molecule has 0 fully saturated rings. The highest BCUT2D eigenvalue weighted by Gasteiger charge is 2.31. The van der Waals surface area contributed by atoms with Gasteiger partial charge in [0.05, 0.1) is 28.7 Å². The van der Waals surface area contributed by atoms with Crippen molar-refractivity contribution in [3.8, 4) is 0 Å². The van der Waals surface area contributed by atoms with Gasteiger partial charge in [-0.2, -0.15) is 13.2 Å². The summed E-state index contributed by atoms with van der Waals surface area (Å²) in [5, 5.41) is 2.58. The zero-order valence-electron chi connectivity index (χ0n) is 12.2. The van der Waals surface area contributed by atoms with E-state index in [4.69, 9.17) is 11.6 Å². The standard InChI is InChI=1S/C16H14ClF3N2O/c1-10(11-5-3-2-4-6-11)22-15(23)8-14-13(17)7-12(9-21-14)16(18,19)20/h2-7,9-10H,8H2,1H3,(H,22,23). The van der Waals surface area contributed by atoms with Crippen molar-refractivity contribution in [2.75, 3.05) is 0 Å². The summed E-state index contributed by atoms with van der Waals surface area (Å²) < 4.78 is 37.6. The van der Waals surface area contributed by atoms with Gasteiger partial charge in [0, 0.05) is 6.20 Å². The van der Waals surface area contributed by atoms with Crippen molar-refractivity contribution in [2.45, 2.75) is 25.6 Å².